The minimum atomic E-state index is -0.494. The Morgan fingerprint density at radius 3 is 2.46 bits per heavy atom. The van der Waals surface area contributed by atoms with E-state index in [4.69, 9.17) is 16.3 Å². The molecule has 1 amide bonds. The van der Waals surface area contributed by atoms with Crippen LogP contribution in [0.25, 0.3) is 11.1 Å². The van der Waals surface area contributed by atoms with Crippen LogP contribution in [0, 0.1) is 11.3 Å². The zero-order chi connectivity index (χ0) is 20.3. The summed E-state index contributed by atoms with van der Waals surface area (Å²) < 4.78 is 7.26. The summed E-state index contributed by atoms with van der Waals surface area (Å²) in [6.07, 6.45) is 9.34. The number of hydrogen-bond donors (Lipinski definition) is 3. The summed E-state index contributed by atoms with van der Waals surface area (Å²) in [5, 5.41) is 24.4. The number of rotatable bonds is 6. The molecular weight excluding hydrogens is 380 g/mol. The van der Waals surface area contributed by atoms with Crippen LogP contribution < -0.4 is 15.9 Å². The zero-order valence-electron chi connectivity index (χ0n) is 16.7. The number of nitrogens with one attached hydrogen (secondary N) is 1. The van der Waals surface area contributed by atoms with Crippen LogP contribution in [0.3, 0.4) is 0 Å². The summed E-state index contributed by atoms with van der Waals surface area (Å²) in [6.45, 7) is 4.16. The molecule has 0 unspecified atom stereocenters. The predicted molar refractivity (Wildman–Crippen MR) is 110 cm³/mol. The first-order valence-corrected chi connectivity index (χ1v) is 10.5. The molecule has 1 aromatic heterocycles. The first kappa shape index (κ1) is 21.4. The van der Waals surface area contributed by atoms with Crippen molar-refractivity contribution >= 4 is 34.3 Å². The zero-order valence-corrected chi connectivity index (χ0v) is 17.5. The van der Waals surface area contributed by atoms with Crippen LogP contribution in [0.5, 0.6) is 0 Å². The lowest BCUT2D eigenvalue weighted by atomic mass is 9.66. The Morgan fingerprint density at radius 2 is 2.00 bits per heavy atom. The van der Waals surface area contributed by atoms with Crippen molar-refractivity contribution in [2.75, 3.05) is 31.7 Å². The van der Waals surface area contributed by atoms with Crippen LogP contribution >= 0.6 is 11.6 Å². The van der Waals surface area contributed by atoms with Crippen molar-refractivity contribution in [2.45, 2.75) is 52.0 Å². The number of nitrogens with zero attached hydrogens (tertiary/aromatic N) is 1. The summed E-state index contributed by atoms with van der Waals surface area (Å²) >= 11 is 6.37. The number of amides is 1. The smallest absolute Gasteiger partial charge is 0.235 e. The van der Waals surface area contributed by atoms with E-state index in [1.807, 2.05) is 13.0 Å². The molecule has 1 saturated heterocycles. The highest BCUT2D eigenvalue weighted by molar-refractivity contribution is 6.44. The molecule has 0 bridgehead atoms. The molecule has 0 spiro atoms. The topological polar surface area (TPSA) is 83.7 Å². The molecule has 3 N–H and O–H groups in total. The van der Waals surface area contributed by atoms with E-state index in [0.717, 1.165) is 23.4 Å². The van der Waals surface area contributed by atoms with Gasteiger partial charge in [-0.05, 0) is 32.6 Å². The Kier molecular flexibility index (Phi) is 6.86. The normalized spacial score (nSPS) is 21.6. The lowest BCUT2D eigenvalue weighted by Gasteiger charge is -2.47. The molecule has 2 heterocycles. The van der Waals surface area contributed by atoms with Gasteiger partial charge in [0.2, 0.25) is 5.91 Å². The third-order valence-corrected chi connectivity index (χ3v) is 6.50. The summed E-state index contributed by atoms with van der Waals surface area (Å²) in [6, 6.07) is -0.494. The monoisotopic (exact) mass is 410 g/mol. The molecule has 0 radical (unpaired) electrons. The number of anilines is 1. The minimum Gasteiger partial charge on any atom is -0.394 e. The second kappa shape index (κ2) is 8.99. The highest BCUT2D eigenvalue weighted by atomic mass is 35.5. The van der Waals surface area contributed by atoms with Gasteiger partial charge in [-0.25, -0.2) is 0 Å². The third-order valence-electron chi connectivity index (χ3n) is 6.31. The average Bonchev–Trinajstić information content (AvgIpc) is 3.01. The van der Waals surface area contributed by atoms with Crippen LogP contribution in [-0.4, -0.2) is 47.1 Å². The van der Waals surface area contributed by atoms with Crippen molar-refractivity contribution in [3.63, 3.8) is 0 Å². The van der Waals surface area contributed by atoms with Gasteiger partial charge >= 0.3 is 0 Å². The summed E-state index contributed by atoms with van der Waals surface area (Å²) in [4.78, 5) is 13.3. The SMILES string of the molecule is CC=c1c(=C(C)Cl)c(NC(=O)C2(C3CCCCC3)COC2)cn1C(CO)CO. The van der Waals surface area contributed by atoms with Gasteiger partial charge in [-0.3, -0.25) is 4.79 Å². The van der Waals surface area contributed by atoms with Gasteiger partial charge in [0.05, 0.1) is 43.6 Å². The molecule has 0 atom stereocenters. The number of aliphatic hydroxyl groups excluding tert-OH is 2. The van der Waals surface area contributed by atoms with Gasteiger partial charge in [-0.2, -0.15) is 0 Å². The Labute approximate surface area is 170 Å². The molecule has 3 rings (SSSR count). The van der Waals surface area contributed by atoms with Gasteiger partial charge in [-0.1, -0.05) is 36.9 Å². The summed E-state index contributed by atoms with van der Waals surface area (Å²) in [7, 11) is 0. The first-order chi connectivity index (χ1) is 13.5. The maximum Gasteiger partial charge on any atom is 0.235 e. The lowest BCUT2D eigenvalue weighted by Crippen LogP contribution is -2.57. The van der Waals surface area contributed by atoms with E-state index in [1.165, 1.54) is 19.3 Å². The van der Waals surface area contributed by atoms with Gasteiger partial charge in [0, 0.05) is 21.8 Å². The van der Waals surface area contributed by atoms with Gasteiger partial charge in [0.25, 0.3) is 0 Å². The van der Waals surface area contributed by atoms with Crippen LogP contribution in [0.15, 0.2) is 6.20 Å². The molecule has 28 heavy (non-hydrogen) atoms. The van der Waals surface area contributed by atoms with Crippen LogP contribution in [-0.2, 0) is 9.53 Å². The standard InChI is InChI=1S/C21H31ClN2O4/c1-3-18-19(14(2)22)17(9-24(18)16(10-25)11-26)23-20(27)21(12-28-13-21)15-7-5-4-6-8-15/h3,9,15-16,25-26H,4-8,10-13H2,1-2H3,(H,23,27). The molecular formula is C21H31ClN2O4. The van der Waals surface area contributed by atoms with Crippen molar-refractivity contribution in [3.8, 4) is 0 Å². The molecule has 1 aliphatic carbocycles. The Bertz CT molecular complexity index is 814. The Hall–Kier alpha value is -1.34. The second-order valence-corrected chi connectivity index (χ2v) is 8.56. The van der Waals surface area contributed by atoms with Crippen LogP contribution in [0.1, 0.15) is 52.0 Å². The molecule has 156 valence electrons. The average molecular weight is 411 g/mol. The van der Waals surface area contributed by atoms with E-state index in [9.17, 15) is 15.0 Å². The van der Waals surface area contributed by atoms with Gasteiger partial charge < -0.3 is 24.8 Å². The van der Waals surface area contributed by atoms with Gasteiger partial charge in [0.1, 0.15) is 0 Å². The Balaban J connectivity index is 1.97. The molecule has 2 fully saturated rings. The van der Waals surface area contributed by atoms with E-state index in [-0.39, 0.29) is 19.1 Å². The van der Waals surface area contributed by atoms with E-state index in [0.29, 0.717) is 29.9 Å². The molecule has 0 aromatic carbocycles. The lowest BCUT2D eigenvalue weighted by molar-refractivity contribution is -0.172. The number of halogens is 1. The predicted octanol–water partition coefficient (Wildman–Crippen LogP) is 1.72. The number of aromatic nitrogens is 1. The van der Waals surface area contributed by atoms with Crippen molar-refractivity contribution in [2.24, 2.45) is 11.3 Å². The van der Waals surface area contributed by atoms with Gasteiger partial charge in [-0.15, -0.1) is 0 Å². The van der Waals surface area contributed by atoms with Gasteiger partial charge in [0.15, 0.2) is 0 Å². The second-order valence-electron chi connectivity index (χ2n) is 7.99. The number of carbonyl (C=O) groups excluding carboxylic acids is 1. The fraction of sp³-hybridized carbons (Fsp3) is 0.667. The summed E-state index contributed by atoms with van der Waals surface area (Å²) in [5.41, 5.74) is 0.142. The molecule has 1 saturated carbocycles. The quantitative estimate of drug-likeness (QED) is 0.666. The number of aliphatic hydroxyl groups is 2. The van der Waals surface area contributed by atoms with E-state index in [1.54, 1.807) is 17.7 Å². The largest absolute Gasteiger partial charge is 0.394 e. The van der Waals surface area contributed by atoms with E-state index in [2.05, 4.69) is 5.32 Å². The highest BCUT2D eigenvalue weighted by Crippen LogP contribution is 2.44. The van der Waals surface area contributed by atoms with Crippen LogP contribution in [0.2, 0.25) is 0 Å². The van der Waals surface area contributed by atoms with Crippen molar-refractivity contribution < 1.29 is 19.7 Å². The third kappa shape index (κ3) is 3.75. The molecule has 1 aliphatic heterocycles. The fourth-order valence-electron chi connectivity index (χ4n) is 4.60. The first-order valence-electron chi connectivity index (χ1n) is 10.1. The maximum absolute atomic E-state index is 13.3. The molecule has 1 aromatic rings. The summed E-state index contributed by atoms with van der Waals surface area (Å²) in [5.74, 6) is 0.329. The maximum atomic E-state index is 13.3. The van der Waals surface area contributed by atoms with Crippen molar-refractivity contribution in [3.05, 3.63) is 16.8 Å². The molecule has 2 aliphatic rings. The number of ether oxygens (including phenoxy) is 1. The highest BCUT2D eigenvalue weighted by Gasteiger charge is 2.51. The van der Waals surface area contributed by atoms with Crippen molar-refractivity contribution in [1.82, 2.24) is 4.57 Å². The Morgan fingerprint density at radius 1 is 1.36 bits per heavy atom. The van der Waals surface area contributed by atoms with Crippen LogP contribution in [0.4, 0.5) is 5.69 Å². The number of hydrogen-bond acceptors (Lipinski definition) is 4. The fourth-order valence-corrected chi connectivity index (χ4v) is 4.80. The van der Waals surface area contributed by atoms with Crippen molar-refractivity contribution in [1.29, 1.82) is 0 Å². The minimum absolute atomic E-state index is 0.0193. The van der Waals surface area contributed by atoms with E-state index < -0.39 is 11.5 Å². The molecule has 7 heteroatoms. The molecule has 6 nitrogen and oxygen atoms in total. The van der Waals surface area contributed by atoms with E-state index >= 15 is 0 Å². The number of carbonyl (C=O) groups is 1.